The molecule has 0 saturated carbocycles. The molecule has 1 amide bonds. The quantitative estimate of drug-likeness (QED) is 0.835. The van der Waals surface area contributed by atoms with Crippen molar-refractivity contribution in [2.75, 3.05) is 25.5 Å². The molecule has 1 aromatic carbocycles. The number of rotatable bonds is 5. The highest BCUT2D eigenvalue weighted by Gasteiger charge is 2.12. The molecule has 2 N–H and O–H groups in total. The second kappa shape index (κ2) is 6.42. The molecule has 1 rings (SSSR count). The largest absolute Gasteiger partial charge is 0.395 e. The van der Waals surface area contributed by atoms with E-state index in [1.165, 1.54) is 0 Å². The fraction of sp³-hybridized carbons (Fsp3) is 0.417. The van der Waals surface area contributed by atoms with E-state index in [1.54, 1.807) is 18.9 Å². The van der Waals surface area contributed by atoms with Gasteiger partial charge in [0.15, 0.2) is 0 Å². The van der Waals surface area contributed by atoms with Gasteiger partial charge in [0.25, 0.3) is 0 Å². The summed E-state index contributed by atoms with van der Waals surface area (Å²) in [6.07, 6.45) is 0. The number of anilines is 1. The summed E-state index contributed by atoms with van der Waals surface area (Å²) in [6.45, 7) is 1.72. The number of benzene rings is 1. The van der Waals surface area contributed by atoms with Gasteiger partial charge in [-0.05, 0) is 26.1 Å². The number of carbonyl (C=O) groups excluding carboxylic acids is 1. The van der Waals surface area contributed by atoms with Crippen molar-refractivity contribution in [2.45, 2.75) is 13.0 Å². The number of likely N-dealkylation sites (N-methyl/N-ethyl adjacent to an activating group) is 1. The van der Waals surface area contributed by atoms with E-state index < -0.39 is 17.5 Å². The summed E-state index contributed by atoms with van der Waals surface area (Å²) in [7, 11) is 1.67. The molecule has 0 aliphatic rings. The number of hydrogen-bond acceptors (Lipinski definition) is 3. The van der Waals surface area contributed by atoms with Gasteiger partial charge in [0.2, 0.25) is 5.91 Å². The molecule has 0 saturated heterocycles. The Labute approximate surface area is 104 Å². The number of amides is 1. The molecule has 0 radical (unpaired) electrons. The highest BCUT2D eigenvalue weighted by Crippen LogP contribution is 2.12. The van der Waals surface area contributed by atoms with Crippen molar-refractivity contribution in [3.63, 3.8) is 0 Å². The Kier molecular flexibility index (Phi) is 5.18. The first-order valence-corrected chi connectivity index (χ1v) is 5.49. The highest BCUT2D eigenvalue weighted by atomic mass is 19.1. The summed E-state index contributed by atoms with van der Waals surface area (Å²) in [4.78, 5) is 13.2. The third-order valence-corrected chi connectivity index (χ3v) is 2.56. The molecule has 18 heavy (non-hydrogen) atoms. The van der Waals surface area contributed by atoms with Gasteiger partial charge in [-0.15, -0.1) is 0 Å². The third-order valence-electron chi connectivity index (χ3n) is 2.56. The van der Waals surface area contributed by atoms with E-state index in [2.05, 4.69) is 5.32 Å². The molecule has 6 heteroatoms. The van der Waals surface area contributed by atoms with Crippen LogP contribution in [0.5, 0.6) is 0 Å². The van der Waals surface area contributed by atoms with E-state index in [-0.39, 0.29) is 24.9 Å². The molecule has 0 heterocycles. The molecule has 0 fully saturated rings. The SMILES string of the molecule is CC(CO)N(C)CC(=O)Nc1cc(F)cc(F)c1. The summed E-state index contributed by atoms with van der Waals surface area (Å²) in [6, 6.07) is 2.64. The number of aliphatic hydroxyl groups is 1. The van der Waals surface area contributed by atoms with Crippen LogP contribution in [0.1, 0.15) is 6.92 Å². The Hall–Kier alpha value is -1.53. The lowest BCUT2D eigenvalue weighted by Gasteiger charge is -2.21. The van der Waals surface area contributed by atoms with Crippen molar-refractivity contribution in [3.8, 4) is 0 Å². The van der Waals surface area contributed by atoms with Crippen molar-refractivity contribution in [1.82, 2.24) is 4.90 Å². The third kappa shape index (κ3) is 4.38. The molecular weight excluding hydrogens is 242 g/mol. The number of nitrogens with zero attached hydrogens (tertiary/aromatic N) is 1. The van der Waals surface area contributed by atoms with E-state index in [0.717, 1.165) is 18.2 Å². The zero-order valence-corrected chi connectivity index (χ0v) is 10.3. The van der Waals surface area contributed by atoms with E-state index in [4.69, 9.17) is 5.11 Å². The minimum Gasteiger partial charge on any atom is -0.395 e. The summed E-state index contributed by atoms with van der Waals surface area (Å²) in [5, 5.41) is 11.3. The van der Waals surface area contributed by atoms with Gasteiger partial charge in [0.1, 0.15) is 11.6 Å². The zero-order valence-electron chi connectivity index (χ0n) is 10.3. The standard InChI is InChI=1S/C12H16F2N2O2/c1-8(7-17)16(2)6-12(18)15-11-4-9(13)3-10(14)5-11/h3-5,8,17H,6-7H2,1-2H3,(H,15,18). The lowest BCUT2D eigenvalue weighted by molar-refractivity contribution is -0.117. The van der Waals surface area contributed by atoms with Crippen LogP contribution in [0.3, 0.4) is 0 Å². The van der Waals surface area contributed by atoms with Crippen molar-refractivity contribution in [1.29, 1.82) is 0 Å². The topological polar surface area (TPSA) is 52.6 Å². The fourth-order valence-corrected chi connectivity index (χ4v) is 1.35. The van der Waals surface area contributed by atoms with Gasteiger partial charge in [-0.1, -0.05) is 0 Å². The molecule has 0 aromatic heterocycles. The number of halogens is 2. The van der Waals surface area contributed by atoms with Gasteiger partial charge in [-0.2, -0.15) is 0 Å². The maximum absolute atomic E-state index is 12.9. The smallest absolute Gasteiger partial charge is 0.238 e. The van der Waals surface area contributed by atoms with Crippen LogP contribution in [0, 0.1) is 11.6 Å². The monoisotopic (exact) mass is 258 g/mol. The van der Waals surface area contributed by atoms with Crippen molar-refractivity contribution < 1.29 is 18.7 Å². The minimum absolute atomic E-state index is 0.0276. The van der Waals surface area contributed by atoms with Crippen molar-refractivity contribution in [2.24, 2.45) is 0 Å². The van der Waals surface area contributed by atoms with Crippen LogP contribution in [0.25, 0.3) is 0 Å². The van der Waals surface area contributed by atoms with E-state index in [9.17, 15) is 13.6 Å². The molecule has 1 aromatic rings. The summed E-state index contributed by atoms with van der Waals surface area (Å²) in [5.74, 6) is -1.90. The first-order chi connectivity index (χ1) is 8.42. The van der Waals surface area contributed by atoms with Gasteiger partial charge in [0.05, 0.1) is 13.2 Å². The molecule has 1 atom stereocenters. The fourth-order valence-electron chi connectivity index (χ4n) is 1.35. The van der Waals surface area contributed by atoms with Crippen LogP contribution in [-0.2, 0) is 4.79 Å². The number of aliphatic hydroxyl groups excluding tert-OH is 1. The predicted molar refractivity (Wildman–Crippen MR) is 64.2 cm³/mol. The zero-order chi connectivity index (χ0) is 13.7. The lowest BCUT2D eigenvalue weighted by atomic mass is 10.3. The van der Waals surface area contributed by atoms with Crippen molar-refractivity contribution >= 4 is 11.6 Å². The molecule has 0 bridgehead atoms. The van der Waals surface area contributed by atoms with Gasteiger partial charge in [-0.3, -0.25) is 9.69 Å². The summed E-state index contributed by atoms with van der Waals surface area (Å²) >= 11 is 0. The summed E-state index contributed by atoms with van der Waals surface area (Å²) < 4.78 is 25.8. The van der Waals surface area contributed by atoms with Gasteiger partial charge < -0.3 is 10.4 Å². The van der Waals surface area contributed by atoms with Gasteiger partial charge >= 0.3 is 0 Å². The molecule has 1 unspecified atom stereocenters. The first kappa shape index (κ1) is 14.5. The van der Waals surface area contributed by atoms with Crippen LogP contribution >= 0.6 is 0 Å². The van der Waals surface area contributed by atoms with Crippen LogP contribution < -0.4 is 5.32 Å². The molecule has 4 nitrogen and oxygen atoms in total. The lowest BCUT2D eigenvalue weighted by Crippen LogP contribution is -2.38. The Balaban J connectivity index is 2.59. The van der Waals surface area contributed by atoms with Crippen LogP contribution in [-0.4, -0.2) is 42.2 Å². The van der Waals surface area contributed by atoms with Crippen molar-refractivity contribution in [3.05, 3.63) is 29.8 Å². The molecule has 0 aliphatic carbocycles. The maximum atomic E-state index is 12.9. The number of hydrogen-bond donors (Lipinski definition) is 2. The van der Waals surface area contributed by atoms with Gasteiger partial charge in [-0.25, -0.2) is 8.78 Å². The second-order valence-corrected chi connectivity index (χ2v) is 4.15. The molecular formula is C12H16F2N2O2. The first-order valence-electron chi connectivity index (χ1n) is 5.49. The van der Waals surface area contributed by atoms with Gasteiger partial charge in [0, 0.05) is 17.8 Å². The number of nitrogens with one attached hydrogen (secondary N) is 1. The average Bonchev–Trinajstić information content (AvgIpc) is 2.25. The van der Waals surface area contributed by atoms with Crippen LogP contribution in [0.15, 0.2) is 18.2 Å². The molecule has 0 aliphatic heterocycles. The Morgan fingerprint density at radius 3 is 2.44 bits per heavy atom. The maximum Gasteiger partial charge on any atom is 0.238 e. The predicted octanol–water partition coefficient (Wildman–Crippen LogP) is 1.22. The molecule has 100 valence electrons. The number of carbonyl (C=O) groups is 1. The van der Waals surface area contributed by atoms with E-state index >= 15 is 0 Å². The Bertz CT molecular complexity index is 406. The van der Waals surface area contributed by atoms with E-state index in [1.807, 2.05) is 0 Å². The highest BCUT2D eigenvalue weighted by molar-refractivity contribution is 5.92. The van der Waals surface area contributed by atoms with E-state index in [0.29, 0.717) is 0 Å². The normalized spacial score (nSPS) is 12.6. The minimum atomic E-state index is -0.748. The second-order valence-electron chi connectivity index (χ2n) is 4.15. The van der Waals surface area contributed by atoms with Crippen LogP contribution in [0.4, 0.5) is 14.5 Å². The molecule has 0 spiro atoms. The Morgan fingerprint density at radius 2 is 1.94 bits per heavy atom. The van der Waals surface area contributed by atoms with Crippen LogP contribution in [0.2, 0.25) is 0 Å². The summed E-state index contributed by atoms with van der Waals surface area (Å²) in [5.41, 5.74) is 0.0718. The Morgan fingerprint density at radius 1 is 1.39 bits per heavy atom. The average molecular weight is 258 g/mol.